The van der Waals surface area contributed by atoms with Crippen molar-refractivity contribution in [3.63, 3.8) is 0 Å². The van der Waals surface area contributed by atoms with Crippen LogP contribution < -0.4 is 10.6 Å². The average molecular weight is 819 g/mol. The zero-order chi connectivity index (χ0) is 42.3. The Labute approximate surface area is 354 Å². The summed E-state index contributed by atoms with van der Waals surface area (Å²) < 4.78 is 19.7. The standard InChI is InChI=1S/C48H86N2O8/c1-5-9-11-13-19-25-31-43-41(29-23-12-10-6-2)33-34-42(30-24-18-14-16-21-27-35-49-47(53)57-39-37-55-45(51)7-3)44(43)32-26-20-15-17-22-28-36-50-48(54)58-40-38-56-46(52)8-4/h7-8,41-44H,3-6,9-40H2,1-2H3,(H,49,53)(H,50,54). The lowest BCUT2D eigenvalue weighted by atomic mass is 9.61. The highest BCUT2D eigenvalue weighted by molar-refractivity contribution is 5.81. The van der Waals surface area contributed by atoms with Gasteiger partial charge in [0.15, 0.2) is 0 Å². The summed E-state index contributed by atoms with van der Waals surface area (Å²) in [6.45, 7) is 12.6. The number of amides is 2. The summed E-state index contributed by atoms with van der Waals surface area (Å²) in [4.78, 5) is 45.8. The molecule has 10 heteroatoms. The molecule has 1 saturated carbocycles. The van der Waals surface area contributed by atoms with Gasteiger partial charge in [0.1, 0.15) is 26.4 Å². The lowest BCUT2D eigenvalue weighted by Crippen LogP contribution is -2.35. The number of nitrogens with one attached hydrogen (secondary N) is 2. The first kappa shape index (κ1) is 53.0. The fourth-order valence-corrected chi connectivity index (χ4v) is 8.77. The Balaban J connectivity index is 2.54. The van der Waals surface area contributed by atoms with E-state index in [1.165, 1.54) is 154 Å². The molecule has 336 valence electrons. The van der Waals surface area contributed by atoms with Gasteiger partial charge in [-0.3, -0.25) is 0 Å². The van der Waals surface area contributed by atoms with Gasteiger partial charge >= 0.3 is 24.1 Å². The second-order valence-electron chi connectivity index (χ2n) is 16.5. The molecule has 0 aromatic carbocycles. The van der Waals surface area contributed by atoms with E-state index in [0.717, 1.165) is 61.5 Å². The van der Waals surface area contributed by atoms with Crippen molar-refractivity contribution in [3.05, 3.63) is 25.3 Å². The molecule has 0 heterocycles. The highest BCUT2D eigenvalue weighted by Crippen LogP contribution is 2.47. The number of hydrogen-bond donors (Lipinski definition) is 2. The van der Waals surface area contributed by atoms with E-state index < -0.39 is 24.1 Å². The predicted molar refractivity (Wildman–Crippen MR) is 236 cm³/mol. The van der Waals surface area contributed by atoms with Crippen molar-refractivity contribution in [3.8, 4) is 0 Å². The van der Waals surface area contributed by atoms with Crippen molar-refractivity contribution in [1.82, 2.24) is 10.6 Å². The van der Waals surface area contributed by atoms with Crippen LogP contribution in [-0.4, -0.2) is 63.6 Å². The number of rotatable bonds is 38. The van der Waals surface area contributed by atoms with Crippen LogP contribution in [-0.2, 0) is 28.5 Å². The molecule has 0 saturated heterocycles. The molecule has 2 N–H and O–H groups in total. The van der Waals surface area contributed by atoms with E-state index in [0.29, 0.717) is 13.1 Å². The molecule has 1 rings (SSSR count). The fraction of sp³-hybridized carbons (Fsp3) is 0.833. The molecular formula is C48H86N2O8. The number of unbranched alkanes of at least 4 members (excludes halogenated alkanes) is 18. The summed E-state index contributed by atoms with van der Waals surface area (Å²) in [5, 5.41) is 5.58. The molecule has 10 nitrogen and oxygen atoms in total. The maximum atomic E-state index is 11.9. The highest BCUT2D eigenvalue weighted by atomic mass is 16.6. The number of alkyl carbamates (subject to hydrolysis) is 2. The quantitative estimate of drug-likeness (QED) is 0.0273. The Morgan fingerprint density at radius 1 is 0.448 bits per heavy atom. The van der Waals surface area contributed by atoms with Gasteiger partial charge in [-0.05, 0) is 62.2 Å². The molecular weight excluding hydrogens is 733 g/mol. The van der Waals surface area contributed by atoms with Crippen LogP contribution in [0.1, 0.15) is 194 Å². The molecule has 0 aromatic rings. The minimum atomic E-state index is -0.522. The Kier molecular flexibility index (Phi) is 34.9. The van der Waals surface area contributed by atoms with Crippen LogP contribution in [0.4, 0.5) is 9.59 Å². The van der Waals surface area contributed by atoms with Gasteiger partial charge in [0, 0.05) is 25.2 Å². The minimum absolute atomic E-state index is 0.0315. The van der Waals surface area contributed by atoms with Crippen LogP contribution in [0.25, 0.3) is 0 Å². The number of hydrogen-bond acceptors (Lipinski definition) is 8. The zero-order valence-electron chi connectivity index (χ0n) is 37.2. The van der Waals surface area contributed by atoms with E-state index in [2.05, 4.69) is 37.6 Å². The molecule has 58 heavy (non-hydrogen) atoms. The van der Waals surface area contributed by atoms with Crippen molar-refractivity contribution in [2.75, 3.05) is 39.5 Å². The van der Waals surface area contributed by atoms with Crippen LogP contribution in [0.5, 0.6) is 0 Å². The maximum Gasteiger partial charge on any atom is 0.407 e. The van der Waals surface area contributed by atoms with Gasteiger partial charge in [-0.1, -0.05) is 168 Å². The Morgan fingerprint density at radius 3 is 1.14 bits per heavy atom. The molecule has 0 radical (unpaired) electrons. The minimum Gasteiger partial charge on any atom is -0.459 e. The molecule has 1 fully saturated rings. The van der Waals surface area contributed by atoms with Gasteiger partial charge in [-0.15, -0.1) is 0 Å². The van der Waals surface area contributed by atoms with Crippen LogP contribution in [0.2, 0.25) is 0 Å². The van der Waals surface area contributed by atoms with Gasteiger partial charge in [0.25, 0.3) is 0 Å². The molecule has 0 aromatic heterocycles. The number of ether oxygens (including phenoxy) is 4. The van der Waals surface area contributed by atoms with Crippen molar-refractivity contribution in [2.45, 2.75) is 194 Å². The topological polar surface area (TPSA) is 129 Å². The van der Waals surface area contributed by atoms with E-state index in [4.69, 9.17) is 18.9 Å². The molecule has 0 spiro atoms. The molecule has 2 amide bonds. The second kappa shape index (κ2) is 38.2. The number of carbonyl (C=O) groups is 4. The Hall–Kier alpha value is -3.04. The second-order valence-corrected chi connectivity index (χ2v) is 16.5. The lowest BCUT2D eigenvalue weighted by molar-refractivity contribution is -0.139. The SMILES string of the molecule is C=CC(=O)OCCOC(=O)NCCCCCCCCC1CCC(CCCCCC)C(CCCCCCCC)C1CCCCCCCCNC(=O)OCCOC(=O)C=C. The van der Waals surface area contributed by atoms with Crippen molar-refractivity contribution in [1.29, 1.82) is 0 Å². The summed E-state index contributed by atoms with van der Waals surface area (Å²) in [7, 11) is 0. The summed E-state index contributed by atoms with van der Waals surface area (Å²) in [6, 6.07) is 0. The van der Waals surface area contributed by atoms with Gasteiger partial charge in [0.2, 0.25) is 0 Å². The third-order valence-corrected chi connectivity index (χ3v) is 11.9. The number of carbonyl (C=O) groups excluding carboxylic acids is 4. The summed E-state index contributed by atoms with van der Waals surface area (Å²) in [6.07, 6.45) is 37.7. The largest absolute Gasteiger partial charge is 0.459 e. The van der Waals surface area contributed by atoms with Crippen LogP contribution in [0.3, 0.4) is 0 Å². The van der Waals surface area contributed by atoms with E-state index in [-0.39, 0.29) is 26.4 Å². The highest BCUT2D eigenvalue weighted by Gasteiger charge is 2.37. The number of esters is 2. The van der Waals surface area contributed by atoms with Crippen LogP contribution in [0.15, 0.2) is 25.3 Å². The Morgan fingerprint density at radius 2 is 0.759 bits per heavy atom. The van der Waals surface area contributed by atoms with Crippen molar-refractivity contribution in [2.24, 2.45) is 23.7 Å². The van der Waals surface area contributed by atoms with E-state index in [9.17, 15) is 19.2 Å². The Bertz CT molecular complexity index is 1070. The van der Waals surface area contributed by atoms with Crippen molar-refractivity contribution >= 4 is 24.1 Å². The fourth-order valence-electron chi connectivity index (χ4n) is 8.77. The van der Waals surface area contributed by atoms with Crippen LogP contribution in [0, 0.1) is 23.7 Å². The summed E-state index contributed by atoms with van der Waals surface area (Å²) in [5.41, 5.74) is 0. The smallest absolute Gasteiger partial charge is 0.407 e. The molecule has 1 aliphatic carbocycles. The van der Waals surface area contributed by atoms with E-state index in [1.807, 2.05) is 0 Å². The summed E-state index contributed by atoms with van der Waals surface area (Å²) in [5.74, 6) is 2.50. The van der Waals surface area contributed by atoms with Gasteiger partial charge in [-0.2, -0.15) is 0 Å². The monoisotopic (exact) mass is 819 g/mol. The molecule has 1 aliphatic rings. The van der Waals surface area contributed by atoms with Gasteiger partial charge in [0.05, 0.1) is 0 Å². The first-order valence-electron chi connectivity index (χ1n) is 23.8. The van der Waals surface area contributed by atoms with Crippen molar-refractivity contribution < 1.29 is 38.1 Å². The van der Waals surface area contributed by atoms with Crippen LogP contribution >= 0.6 is 0 Å². The average Bonchev–Trinajstić information content (AvgIpc) is 3.23. The third kappa shape index (κ3) is 29.2. The lowest BCUT2D eigenvalue weighted by Gasteiger charge is -2.44. The van der Waals surface area contributed by atoms with Gasteiger partial charge in [-0.25, -0.2) is 19.2 Å². The molecule has 4 atom stereocenters. The molecule has 0 aliphatic heterocycles. The molecule has 4 unspecified atom stereocenters. The first-order chi connectivity index (χ1) is 28.4. The van der Waals surface area contributed by atoms with Gasteiger partial charge < -0.3 is 29.6 Å². The van der Waals surface area contributed by atoms with E-state index in [1.54, 1.807) is 0 Å². The van der Waals surface area contributed by atoms with E-state index >= 15 is 0 Å². The third-order valence-electron chi connectivity index (χ3n) is 11.9. The maximum absolute atomic E-state index is 11.9. The zero-order valence-corrected chi connectivity index (χ0v) is 37.2. The first-order valence-corrected chi connectivity index (χ1v) is 23.8. The molecule has 0 bridgehead atoms. The summed E-state index contributed by atoms with van der Waals surface area (Å²) >= 11 is 0. The normalized spacial score (nSPS) is 17.6. The predicted octanol–water partition coefficient (Wildman–Crippen LogP) is 12.3.